The summed E-state index contributed by atoms with van der Waals surface area (Å²) in [5, 5.41) is 0.955. The van der Waals surface area contributed by atoms with E-state index in [0.717, 1.165) is 27.9 Å². The molecule has 0 saturated heterocycles. The van der Waals surface area contributed by atoms with Gasteiger partial charge in [-0.25, -0.2) is 13.3 Å². The molecular weight excluding hydrogens is 368 g/mol. The highest BCUT2D eigenvalue weighted by atomic mass is 19.1. The van der Waals surface area contributed by atoms with Crippen LogP contribution in [-0.4, -0.2) is 0 Å². The molecule has 0 atom stereocenters. The van der Waals surface area contributed by atoms with Crippen LogP contribution >= 0.6 is 0 Å². The molecule has 3 aromatic carbocycles. The van der Waals surface area contributed by atoms with Gasteiger partial charge in [-0.2, -0.15) is 0 Å². The number of nitrogens with zero attached hydrogens (tertiary/aromatic N) is 1. The van der Waals surface area contributed by atoms with Gasteiger partial charge in [0.15, 0.2) is 11.8 Å². The summed E-state index contributed by atoms with van der Waals surface area (Å²) in [6, 6.07) is 19.9. The largest absolute Gasteiger partial charge is 0.455 e. The standard InChI is InChI=1S/C25H18F2NO/c1-15-12-20(27)24-19-10-9-18(26)13-22(19)29-25(24)23(15)21-11-8-17(14-28(21)2)16-6-4-3-5-7-16/h3-14H,1-2H3/q+1. The number of aromatic nitrogens is 1. The van der Waals surface area contributed by atoms with Crippen molar-refractivity contribution in [2.45, 2.75) is 6.92 Å². The van der Waals surface area contributed by atoms with Crippen LogP contribution in [0.25, 0.3) is 44.3 Å². The molecule has 0 unspecified atom stereocenters. The molecular formula is C25H18F2NO+. The molecule has 0 N–H and O–H groups in total. The highest BCUT2D eigenvalue weighted by Crippen LogP contribution is 2.39. The molecule has 0 saturated carbocycles. The predicted molar refractivity (Wildman–Crippen MR) is 110 cm³/mol. The van der Waals surface area contributed by atoms with E-state index in [1.54, 1.807) is 6.07 Å². The summed E-state index contributed by atoms with van der Waals surface area (Å²) < 4.78 is 36.5. The molecule has 0 aliphatic rings. The summed E-state index contributed by atoms with van der Waals surface area (Å²) in [4.78, 5) is 0. The number of furan rings is 1. The van der Waals surface area contributed by atoms with Gasteiger partial charge in [0, 0.05) is 23.1 Å². The van der Waals surface area contributed by atoms with Gasteiger partial charge in [0.2, 0.25) is 5.69 Å². The zero-order chi connectivity index (χ0) is 20.1. The number of pyridine rings is 1. The summed E-state index contributed by atoms with van der Waals surface area (Å²) in [5.74, 6) is -0.775. The minimum atomic E-state index is -0.409. The molecule has 2 nitrogen and oxygen atoms in total. The number of hydrogen-bond donors (Lipinski definition) is 0. The summed E-state index contributed by atoms with van der Waals surface area (Å²) in [7, 11) is 1.96. The lowest BCUT2D eigenvalue weighted by Gasteiger charge is -2.08. The Hall–Kier alpha value is -3.53. The van der Waals surface area contributed by atoms with Gasteiger partial charge in [-0.3, -0.25) is 0 Å². The molecule has 0 aliphatic carbocycles. The molecule has 0 radical (unpaired) electrons. The number of rotatable bonds is 2. The summed E-state index contributed by atoms with van der Waals surface area (Å²) in [6.45, 7) is 1.86. The molecule has 0 aliphatic heterocycles. The molecule has 0 fully saturated rings. The first-order valence-corrected chi connectivity index (χ1v) is 9.39. The quantitative estimate of drug-likeness (QED) is 0.324. The van der Waals surface area contributed by atoms with Gasteiger partial charge in [-0.1, -0.05) is 30.3 Å². The van der Waals surface area contributed by atoms with Crippen LogP contribution in [0.3, 0.4) is 0 Å². The van der Waals surface area contributed by atoms with Crippen molar-refractivity contribution >= 4 is 21.9 Å². The SMILES string of the molecule is Cc1cc(F)c2c(oc3cc(F)ccc32)c1-c1ccc(-c2ccccc2)c[n+]1C. The fraction of sp³-hybridized carbons (Fsp3) is 0.0800. The second kappa shape index (κ2) is 6.52. The Morgan fingerprint density at radius 3 is 2.41 bits per heavy atom. The van der Waals surface area contributed by atoms with E-state index >= 15 is 0 Å². The third-order valence-electron chi connectivity index (χ3n) is 5.35. The summed E-state index contributed by atoms with van der Waals surface area (Å²) in [6.07, 6.45) is 2.04. The maximum Gasteiger partial charge on any atom is 0.216 e. The molecule has 0 spiro atoms. The maximum atomic E-state index is 14.8. The van der Waals surface area contributed by atoms with Gasteiger partial charge in [0.25, 0.3) is 0 Å². The fourth-order valence-electron chi connectivity index (χ4n) is 3.98. The van der Waals surface area contributed by atoms with Gasteiger partial charge in [0.05, 0.1) is 10.9 Å². The molecule has 4 heteroatoms. The molecule has 142 valence electrons. The lowest BCUT2D eigenvalue weighted by atomic mass is 9.99. The monoisotopic (exact) mass is 386 g/mol. The molecule has 5 rings (SSSR count). The molecule has 5 aromatic rings. The fourth-order valence-corrected chi connectivity index (χ4v) is 3.98. The van der Waals surface area contributed by atoms with E-state index in [1.807, 2.05) is 55.1 Å². The van der Waals surface area contributed by atoms with Gasteiger partial charge in [-0.15, -0.1) is 0 Å². The summed E-state index contributed by atoms with van der Waals surface area (Å²) >= 11 is 0. The normalized spacial score (nSPS) is 11.4. The third-order valence-corrected chi connectivity index (χ3v) is 5.35. The van der Waals surface area contributed by atoms with E-state index in [1.165, 1.54) is 18.2 Å². The Kier molecular flexibility index (Phi) is 3.95. The Morgan fingerprint density at radius 2 is 1.66 bits per heavy atom. The van der Waals surface area contributed by atoms with Crippen LogP contribution in [0.2, 0.25) is 0 Å². The molecule has 0 amide bonds. The number of fused-ring (bicyclic) bond motifs is 3. The zero-order valence-electron chi connectivity index (χ0n) is 16.0. The zero-order valence-corrected chi connectivity index (χ0v) is 16.0. The van der Waals surface area contributed by atoms with Crippen molar-refractivity contribution in [2.24, 2.45) is 7.05 Å². The maximum absolute atomic E-state index is 14.8. The average molecular weight is 386 g/mol. The van der Waals surface area contributed by atoms with Gasteiger partial charge < -0.3 is 4.42 Å². The predicted octanol–water partition coefficient (Wildman–Crippen LogP) is 6.33. The number of benzene rings is 3. The molecule has 29 heavy (non-hydrogen) atoms. The number of halogens is 2. The first-order chi connectivity index (χ1) is 14.0. The van der Waals surface area contributed by atoms with Crippen molar-refractivity contribution in [1.82, 2.24) is 0 Å². The number of aryl methyl sites for hydroxylation is 2. The summed E-state index contributed by atoms with van der Waals surface area (Å²) in [5.41, 5.74) is 5.44. The molecule has 2 aromatic heterocycles. The van der Waals surface area contributed by atoms with E-state index in [-0.39, 0.29) is 5.82 Å². The lowest BCUT2D eigenvalue weighted by molar-refractivity contribution is -0.659. The van der Waals surface area contributed by atoms with Gasteiger partial charge in [0.1, 0.15) is 24.3 Å². The van der Waals surface area contributed by atoms with Crippen molar-refractivity contribution in [3.05, 3.63) is 90.1 Å². The van der Waals surface area contributed by atoms with Gasteiger partial charge >= 0.3 is 0 Å². The molecule has 2 heterocycles. The van der Waals surface area contributed by atoms with Crippen LogP contribution in [0.1, 0.15) is 5.56 Å². The Morgan fingerprint density at radius 1 is 0.862 bits per heavy atom. The van der Waals surface area contributed by atoms with Crippen LogP contribution in [0, 0.1) is 18.6 Å². The van der Waals surface area contributed by atoms with Crippen LogP contribution in [0.5, 0.6) is 0 Å². The van der Waals surface area contributed by atoms with Crippen LogP contribution in [0.4, 0.5) is 8.78 Å². The highest BCUT2D eigenvalue weighted by Gasteiger charge is 2.23. The lowest BCUT2D eigenvalue weighted by Crippen LogP contribution is -2.31. The average Bonchev–Trinajstić information content (AvgIpc) is 3.08. The first kappa shape index (κ1) is 17.6. The highest BCUT2D eigenvalue weighted by molar-refractivity contribution is 6.10. The Balaban J connectivity index is 1.78. The van der Waals surface area contributed by atoms with Gasteiger partial charge in [-0.05, 0) is 42.3 Å². The topological polar surface area (TPSA) is 17.0 Å². The van der Waals surface area contributed by atoms with Crippen molar-refractivity contribution in [3.63, 3.8) is 0 Å². The second-order valence-electron chi connectivity index (χ2n) is 7.28. The minimum absolute atomic E-state index is 0.342. The number of hydrogen-bond acceptors (Lipinski definition) is 1. The Bertz CT molecular complexity index is 1390. The van der Waals surface area contributed by atoms with E-state index in [4.69, 9.17) is 4.42 Å². The minimum Gasteiger partial charge on any atom is -0.455 e. The van der Waals surface area contributed by atoms with Crippen LogP contribution in [-0.2, 0) is 7.05 Å². The van der Waals surface area contributed by atoms with Crippen molar-refractivity contribution in [2.75, 3.05) is 0 Å². The van der Waals surface area contributed by atoms with Crippen LogP contribution < -0.4 is 4.57 Å². The van der Waals surface area contributed by atoms with E-state index < -0.39 is 5.82 Å². The van der Waals surface area contributed by atoms with Crippen molar-refractivity contribution < 1.29 is 17.8 Å². The van der Waals surface area contributed by atoms with E-state index in [0.29, 0.717) is 21.9 Å². The third kappa shape index (κ3) is 2.80. The molecule has 0 bridgehead atoms. The van der Waals surface area contributed by atoms with Crippen molar-refractivity contribution in [1.29, 1.82) is 0 Å². The smallest absolute Gasteiger partial charge is 0.216 e. The second-order valence-corrected chi connectivity index (χ2v) is 7.28. The Labute approximate surface area is 166 Å². The van der Waals surface area contributed by atoms with E-state index in [2.05, 4.69) is 12.1 Å². The van der Waals surface area contributed by atoms with E-state index in [9.17, 15) is 8.78 Å². The van der Waals surface area contributed by atoms with Crippen LogP contribution in [0.15, 0.2) is 77.3 Å². The van der Waals surface area contributed by atoms with Crippen molar-refractivity contribution in [3.8, 4) is 22.4 Å². The first-order valence-electron chi connectivity index (χ1n) is 9.39.